The molecule has 112 valence electrons. The lowest BCUT2D eigenvalue weighted by molar-refractivity contribution is 0.0282. The molecule has 1 aromatic heterocycles. The molecule has 6 heteroatoms. The molecule has 2 aromatic rings. The zero-order valence-electron chi connectivity index (χ0n) is 11.5. The van der Waals surface area contributed by atoms with Gasteiger partial charge < -0.3 is 25.3 Å². The Kier molecular flexibility index (Phi) is 5.36. The number of furan rings is 1. The van der Waals surface area contributed by atoms with Gasteiger partial charge in [0.2, 0.25) is 5.91 Å². The zero-order valence-corrected chi connectivity index (χ0v) is 11.5. The van der Waals surface area contributed by atoms with E-state index >= 15 is 0 Å². The van der Waals surface area contributed by atoms with Gasteiger partial charge in [0.15, 0.2) is 0 Å². The minimum absolute atomic E-state index is 0.201. The minimum Gasteiger partial charge on any atom is -0.467 e. The average Bonchev–Trinajstić information content (AvgIpc) is 2.99. The molecular formula is C15H18N2O4. The molecule has 0 saturated carbocycles. The molecular weight excluding hydrogens is 272 g/mol. The number of aliphatic hydroxyl groups excluding tert-OH is 1. The number of carbonyl (C=O) groups is 1. The van der Waals surface area contributed by atoms with E-state index in [0.717, 1.165) is 11.4 Å². The van der Waals surface area contributed by atoms with E-state index in [-0.39, 0.29) is 6.61 Å². The lowest BCUT2D eigenvalue weighted by atomic mass is 10.2. The summed E-state index contributed by atoms with van der Waals surface area (Å²) >= 11 is 0. The average molecular weight is 290 g/mol. The Hall–Kier alpha value is -2.31. The van der Waals surface area contributed by atoms with Crippen LogP contribution in [0.2, 0.25) is 0 Å². The summed E-state index contributed by atoms with van der Waals surface area (Å²) < 4.78 is 10.4. The summed E-state index contributed by atoms with van der Waals surface area (Å²) in [5.41, 5.74) is 6.40. The molecule has 21 heavy (non-hydrogen) atoms. The molecule has 0 aliphatic rings. The zero-order chi connectivity index (χ0) is 15.1. The first-order valence-electron chi connectivity index (χ1n) is 6.57. The first kappa shape index (κ1) is 15.1. The number of benzene rings is 1. The number of nitrogens with two attached hydrogens (primary N) is 1. The highest BCUT2D eigenvalue weighted by Gasteiger charge is 2.06. The van der Waals surface area contributed by atoms with Crippen molar-refractivity contribution in [2.45, 2.75) is 12.7 Å². The minimum atomic E-state index is -0.643. The second-order valence-corrected chi connectivity index (χ2v) is 4.57. The van der Waals surface area contributed by atoms with Gasteiger partial charge in [-0.05, 0) is 36.4 Å². The number of hydrogen-bond donors (Lipinski definition) is 3. The van der Waals surface area contributed by atoms with Crippen molar-refractivity contribution in [3.05, 3.63) is 54.0 Å². The molecule has 1 unspecified atom stereocenters. The molecule has 1 atom stereocenters. The first-order valence-corrected chi connectivity index (χ1v) is 6.57. The van der Waals surface area contributed by atoms with Crippen LogP contribution in [-0.2, 0) is 11.3 Å². The number of rotatable bonds is 8. The van der Waals surface area contributed by atoms with E-state index in [1.165, 1.54) is 0 Å². The van der Waals surface area contributed by atoms with Crippen molar-refractivity contribution >= 4 is 11.6 Å². The molecule has 0 aliphatic carbocycles. The second-order valence-electron chi connectivity index (χ2n) is 4.57. The summed E-state index contributed by atoms with van der Waals surface area (Å²) in [5, 5.41) is 12.8. The molecule has 0 bridgehead atoms. The number of hydrogen-bond acceptors (Lipinski definition) is 5. The van der Waals surface area contributed by atoms with Gasteiger partial charge in [-0.2, -0.15) is 0 Å². The first-order chi connectivity index (χ1) is 10.1. The van der Waals surface area contributed by atoms with Crippen LogP contribution in [0.25, 0.3) is 0 Å². The van der Waals surface area contributed by atoms with E-state index in [1.54, 1.807) is 36.6 Å². The van der Waals surface area contributed by atoms with Crippen molar-refractivity contribution in [3.8, 4) is 0 Å². The number of anilines is 1. The number of ether oxygens (including phenoxy) is 1. The molecule has 0 radical (unpaired) electrons. The Morgan fingerprint density at radius 3 is 2.71 bits per heavy atom. The summed E-state index contributed by atoms with van der Waals surface area (Å²) in [6.45, 7) is 0.874. The molecule has 1 heterocycles. The molecule has 0 saturated heterocycles. The van der Waals surface area contributed by atoms with Crippen molar-refractivity contribution < 1.29 is 19.1 Å². The Balaban J connectivity index is 1.68. The van der Waals surface area contributed by atoms with Crippen LogP contribution in [0.5, 0.6) is 0 Å². The SMILES string of the molecule is NC(=O)c1ccc(NCC(O)COCc2ccco2)cc1. The van der Waals surface area contributed by atoms with Gasteiger partial charge in [-0.25, -0.2) is 0 Å². The fourth-order valence-corrected chi connectivity index (χ4v) is 1.74. The van der Waals surface area contributed by atoms with Gasteiger partial charge in [0.1, 0.15) is 12.4 Å². The Bertz CT molecular complexity index is 552. The van der Waals surface area contributed by atoms with Gasteiger partial charge in [0.05, 0.1) is 19.0 Å². The monoisotopic (exact) mass is 290 g/mol. The molecule has 0 aliphatic heterocycles. The van der Waals surface area contributed by atoms with Crippen LogP contribution in [0.3, 0.4) is 0 Å². The predicted octanol–water partition coefficient (Wildman–Crippen LogP) is 1.37. The quantitative estimate of drug-likeness (QED) is 0.682. The molecule has 4 N–H and O–H groups in total. The van der Waals surface area contributed by atoms with E-state index in [1.807, 2.05) is 6.07 Å². The van der Waals surface area contributed by atoms with Crippen LogP contribution >= 0.6 is 0 Å². The van der Waals surface area contributed by atoms with Crippen LogP contribution < -0.4 is 11.1 Å². The number of carbonyl (C=O) groups excluding carboxylic acids is 1. The van der Waals surface area contributed by atoms with E-state index in [2.05, 4.69) is 5.32 Å². The van der Waals surface area contributed by atoms with Gasteiger partial charge in [-0.15, -0.1) is 0 Å². The van der Waals surface area contributed by atoms with Crippen LogP contribution in [0.1, 0.15) is 16.1 Å². The fourth-order valence-electron chi connectivity index (χ4n) is 1.74. The number of nitrogens with one attached hydrogen (secondary N) is 1. The summed E-state index contributed by atoms with van der Waals surface area (Å²) in [4.78, 5) is 10.9. The highest BCUT2D eigenvalue weighted by atomic mass is 16.5. The van der Waals surface area contributed by atoms with Gasteiger partial charge in [-0.1, -0.05) is 0 Å². The van der Waals surface area contributed by atoms with Crippen molar-refractivity contribution in [1.29, 1.82) is 0 Å². The van der Waals surface area contributed by atoms with Crippen molar-refractivity contribution in [2.75, 3.05) is 18.5 Å². The molecule has 1 amide bonds. The maximum Gasteiger partial charge on any atom is 0.248 e. The Labute approximate surface area is 122 Å². The highest BCUT2D eigenvalue weighted by molar-refractivity contribution is 5.93. The largest absolute Gasteiger partial charge is 0.467 e. The van der Waals surface area contributed by atoms with Gasteiger partial charge in [0, 0.05) is 17.8 Å². The summed E-state index contributed by atoms with van der Waals surface area (Å²) in [6.07, 6.45) is 0.933. The maximum atomic E-state index is 10.9. The van der Waals surface area contributed by atoms with Crippen LogP contribution in [-0.4, -0.2) is 30.3 Å². The fraction of sp³-hybridized carbons (Fsp3) is 0.267. The molecule has 6 nitrogen and oxygen atoms in total. The van der Waals surface area contributed by atoms with Crippen molar-refractivity contribution in [1.82, 2.24) is 0 Å². The van der Waals surface area contributed by atoms with E-state index in [4.69, 9.17) is 14.9 Å². The lowest BCUT2D eigenvalue weighted by Gasteiger charge is -2.13. The number of amides is 1. The summed E-state index contributed by atoms with van der Waals surface area (Å²) in [7, 11) is 0. The Morgan fingerprint density at radius 1 is 1.33 bits per heavy atom. The number of aliphatic hydroxyl groups is 1. The van der Waals surface area contributed by atoms with E-state index in [9.17, 15) is 9.90 Å². The molecule has 2 rings (SSSR count). The standard InChI is InChI=1S/C15H18N2O4/c16-15(19)11-3-5-12(6-4-11)17-8-13(18)9-20-10-14-2-1-7-21-14/h1-7,13,17-18H,8-10H2,(H2,16,19). The lowest BCUT2D eigenvalue weighted by Crippen LogP contribution is -2.24. The summed E-state index contributed by atoms with van der Waals surface area (Å²) in [6, 6.07) is 10.3. The number of primary amides is 1. The van der Waals surface area contributed by atoms with Crippen LogP contribution in [0, 0.1) is 0 Å². The molecule has 1 aromatic carbocycles. The van der Waals surface area contributed by atoms with Crippen molar-refractivity contribution in [2.24, 2.45) is 5.73 Å². The van der Waals surface area contributed by atoms with Gasteiger partial charge in [-0.3, -0.25) is 4.79 Å². The summed E-state index contributed by atoms with van der Waals surface area (Å²) in [5.74, 6) is 0.255. The van der Waals surface area contributed by atoms with Crippen molar-refractivity contribution in [3.63, 3.8) is 0 Å². The second kappa shape index (κ2) is 7.47. The van der Waals surface area contributed by atoms with Crippen LogP contribution in [0.4, 0.5) is 5.69 Å². The van der Waals surface area contributed by atoms with Gasteiger partial charge >= 0.3 is 0 Å². The normalized spacial score (nSPS) is 12.0. The Morgan fingerprint density at radius 2 is 2.10 bits per heavy atom. The topological polar surface area (TPSA) is 97.7 Å². The van der Waals surface area contributed by atoms with Crippen LogP contribution in [0.15, 0.2) is 47.1 Å². The smallest absolute Gasteiger partial charge is 0.248 e. The van der Waals surface area contributed by atoms with E-state index in [0.29, 0.717) is 18.7 Å². The third-order valence-electron chi connectivity index (χ3n) is 2.85. The van der Waals surface area contributed by atoms with E-state index < -0.39 is 12.0 Å². The maximum absolute atomic E-state index is 10.9. The van der Waals surface area contributed by atoms with Gasteiger partial charge in [0.25, 0.3) is 0 Å². The molecule has 0 fully saturated rings. The predicted molar refractivity (Wildman–Crippen MR) is 77.8 cm³/mol. The molecule has 0 spiro atoms. The third kappa shape index (κ3) is 4.94. The highest BCUT2D eigenvalue weighted by Crippen LogP contribution is 2.09. The third-order valence-corrected chi connectivity index (χ3v) is 2.85.